The van der Waals surface area contributed by atoms with Gasteiger partial charge in [-0.3, -0.25) is 4.79 Å². The molecule has 0 bridgehead atoms. The van der Waals surface area contributed by atoms with Crippen molar-refractivity contribution >= 4 is 5.91 Å². The Hall–Kier alpha value is -0.610. The predicted molar refractivity (Wildman–Crippen MR) is 68.7 cm³/mol. The van der Waals surface area contributed by atoms with Gasteiger partial charge >= 0.3 is 0 Å². The number of hydrogen-bond donors (Lipinski definition) is 3. The van der Waals surface area contributed by atoms with E-state index in [1.807, 2.05) is 6.92 Å². The molecule has 3 N–H and O–H groups in total. The number of amides is 1. The van der Waals surface area contributed by atoms with E-state index in [9.17, 15) is 9.90 Å². The molecule has 1 amide bonds. The molecule has 17 heavy (non-hydrogen) atoms. The van der Waals surface area contributed by atoms with Crippen LogP contribution in [0.15, 0.2) is 0 Å². The fraction of sp³-hybridized carbons (Fsp3) is 0.923. The third kappa shape index (κ3) is 4.28. The molecule has 2 atom stereocenters. The van der Waals surface area contributed by atoms with Crippen LogP contribution in [0.1, 0.15) is 46.5 Å². The second-order valence-corrected chi connectivity index (χ2v) is 5.62. The molecule has 0 spiro atoms. The van der Waals surface area contributed by atoms with Crippen molar-refractivity contribution in [1.82, 2.24) is 10.6 Å². The smallest absolute Gasteiger partial charge is 0.237 e. The molecule has 0 aromatic carbocycles. The van der Waals surface area contributed by atoms with E-state index in [1.165, 1.54) is 0 Å². The van der Waals surface area contributed by atoms with Gasteiger partial charge in [-0.2, -0.15) is 0 Å². The Labute approximate surface area is 104 Å². The van der Waals surface area contributed by atoms with Gasteiger partial charge in [-0.1, -0.05) is 20.8 Å². The van der Waals surface area contributed by atoms with E-state index in [4.69, 9.17) is 0 Å². The zero-order valence-electron chi connectivity index (χ0n) is 11.3. The van der Waals surface area contributed by atoms with E-state index in [1.54, 1.807) is 0 Å². The van der Waals surface area contributed by atoms with Gasteiger partial charge in [0.25, 0.3) is 0 Å². The van der Waals surface area contributed by atoms with Gasteiger partial charge in [0.1, 0.15) is 0 Å². The summed E-state index contributed by atoms with van der Waals surface area (Å²) in [6.07, 6.45) is 3.28. The molecule has 0 aromatic rings. The van der Waals surface area contributed by atoms with Crippen molar-refractivity contribution in [1.29, 1.82) is 0 Å². The molecule has 2 unspecified atom stereocenters. The standard InChI is InChI=1S/C13H26N2O2/c1-4-10(16)6-9-15-12(17)11-13(2,3)7-5-8-14-11/h10-11,14,16H,4-9H2,1-3H3,(H,15,17). The van der Waals surface area contributed by atoms with Crippen molar-refractivity contribution in [3.05, 3.63) is 0 Å². The Morgan fingerprint density at radius 2 is 2.29 bits per heavy atom. The highest BCUT2D eigenvalue weighted by atomic mass is 16.3. The van der Waals surface area contributed by atoms with Gasteiger partial charge < -0.3 is 15.7 Å². The maximum atomic E-state index is 12.0. The van der Waals surface area contributed by atoms with Gasteiger partial charge in [0.15, 0.2) is 0 Å². The molecule has 0 saturated carbocycles. The Balaban J connectivity index is 2.36. The lowest BCUT2D eigenvalue weighted by atomic mass is 9.77. The highest BCUT2D eigenvalue weighted by Gasteiger charge is 2.36. The molecule has 0 aliphatic carbocycles. The van der Waals surface area contributed by atoms with Crippen molar-refractivity contribution in [3.8, 4) is 0 Å². The number of nitrogens with one attached hydrogen (secondary N) is 2. The largest absolute Gasteiger partial charge is 0.393 e. The summed E-state index contributed by atoms with van der Waals surface area (Å²) in [6, 6.07) is -0.102. The minimum Gasteiger partial charge on any atom is -0.393 e. The first kappa shape index (κ1) is 14.5. The van der Waals surface area contributed by atoms with Crippen molar-refractivity contribution < 1.29 is 9.90 Å². The maximum Gasteiger partial charge on any atom is 0.237 e. The zero-order chi connectivity index (χ0) is 12.9. The highest BCUT2D eigenvalue weighted by molar-refractivity contribution is 5.82. The number of piperidine rings is 1. The van der Waals surface area contributed by atoms with Crippen LogP contribution in [-0.4, -0.2) is 36.2 Å². The highest BCUT2D eigenvalue weighted by Crippen LogP contribution is 2.29. The minimum atomic E-state index is -0.303. The van der Waals surface area contributed by atoms with E-state index in [2.05, 4.69) is 24.5 Å². The third-order valence-corrected chi connectivity index (χ3v) is 3.64. The van der Waals surface area contributed by atoms with E-state index < -0.39 is 0 Å². The van der Waals surface area contributed by atoms with Crippen molar-refractivity contribution in [3.63, 3.8) is 0 Å². The molecule has 1 heterocycles. The van der Waals surface area contributed by atoms with Gasteiger partial charge in [-0.25, -0.2) is 0 Å². The molecule has 1 rings (SSSR count). The molecule has 4 nitrogen and oxygen atoms in total. The van der Waals surface area contributed by atoms with Gasteiger partial charge in [-0.05, 0) is 37.6 Å². The van der Waals surface area contributed by atoms with Gasteiger partial charge in [0.05, 0.1) is 12.1 Å². The summed E-state index contributed by atoms with van der Waals surface area (Å²) < 4.78 is 0. The average Bonchev–Trinajstić information content (AvgIpc) is 2.27. The number of carbonyl (C=O) groups excluding carboxylic acids is 1. The molecule has 1 aliphatic heterocycles. The van der Waals surface area contributed by atoms with Crippen LogP contribution in [0.2, 0.25) is 0 Å². The lowest BCUT2D eigenvalue weighted by molar-refractivity contribution is -0.126. The number of rotatable bonds is 5. The normalized spacial score (nSPS) is 25.3. The first-order valence-electron chi connectivity index (χ1n) is 6.66. The average molecular weight is 242 g/mol. The van der Waals surface area contributed by atoms with E-state index in [0.29, 0.717) is 13.0 Å². The lowest BCUT2D eigenvalue weighted by Gasteiger charge is -2.38. The van der Waals surface area contributed by atoms with Crippen LogP contribution in [0, 0.1) is 5.41 Å². The van der Waals surface area contributed by atoms with E-state index >= 15 is 0 Å². The second-order valence-electron chi connectivity index (χ2n) is 5.62. The lowest BCUT2D eigenvalue weighted by Crippen LogP contribution is -2.55. The fourth-order valence-electron chi connectivity index (χ4n) is 2.33. The van der Waals surface area contributed by atoms with Crippen LogP contribution in [0.25, 0.3) is 0 Å². The van der Waals surface area contributed by atoms with Gasteiger partial charge in [0, 0.05) is 6.54 Å². The van der Waals surface area contributed by atoms with Crippen molar-refractivity contribution in [2.24, 2.45) is 5.41 Å². The van der Waals surface area contributed by atoms with Crippen LogP contribution in [0.5, 0.6) is 0 Å². The van der Waals surface area contributed by atoms with E-state index in [-0.39, 0.29) is 23.5 Å². The third-order valence-electron chi connectivity index (χ3n) is 3.64. The number of aliphatic hydroxyl groups is 1. The molecule has 0 radical (unpaired) electrons. The molecule has 0 aromatic heterocycles. The van der Waals surface area contributed by atoms with Gasteiger partial charge in [-0.15, -0.1) is 0 Å². The molecular formula is C13H26N2O2. The Kier molecular flexibility index (Phi) is 5.40. The Morgan fingerprint density at radius 1 is 1.59 bits per heavy atom. The number of hydrogen-bond acceptors (Lipinski definition) is 3. The monoisotopic (exact) mass is 242 g/mol. The Morgan fingerprint density at radius 3 is 2.88 bits per heavy atom. The van der Waals surface area contributed by atoms with Crippen molar-refractivity contribution in [2.45, 2.75) is 58.6 Å². The first-order chi connectivity index (χ1) is 7.97. The SMILES string of the molecule is CCC(O)CCNC(=O)C1NCCCC1(C)C. The first-order valence-corrected chi connectivity index (χ1v) is 6.66. The second kappa shape index (κ2) is 6.36. The zero-order valence-corrected chi connectivity index (χ0v) is 11.3. The molecule has 100 valence electrons. The number of aliphatic hydroxyl groups excluding tert-OH is 1. The summed E-state index contributed by atoms with van der Waals surface area (Å²) in [7, 11) is 0. The van der Waals surface area contributed by atoms with Crippen LogP contribution < -0.4 is 10.6 Å². The summed E-state index contributed by atoms with van der Waals surface area (Å²) in [5.74, 6) is 0.0676. The minimum absolute atomic E-state index is 0.0195. The molecular weight excluding hydrogens is 216 g/mol. The summed E-state index contributed by atoms with van der Waals surface area (Å²) in [4.78, 5) is 12.0. The predicted octanol–water partition coefficient (Wildman–Crippen LogP) is 1.04. The van der Waals surface area contributed by atoms with Crippen molar-refractivity contribution in [2.75, 3.05) is 13.1 Å². The molecule has 1 fully saturated rings. The topological polar surface area (TPSA) is 61.4 Å². The van der Waals surface area contributed by atoms with Crippen LogP contribution >= 0.6 is 0 Å². The summed E-state index contributed by atoms with van der Waals surface area (Å²) in [5.41, 5.74) is 0.0195. The van der Waals surface area contributed by atoms with Gasteiger partial charge in [0.2, 0.25) is 5.91 Å². The van der Waals surface area contributed by atoms with E-state index in [0.717, 1.165) is 25.8 Å². The Bertz CT molecular complexity index is 254. The van der Waals surface area contributed by atoms with Crippen LogP contribution in [0.4, 0.5) is 0 Å². The quantitative estimate of drug-likeness (QED) is 0.675. The summed E-state index contributed by atoms with van der Waals surface area (Å²) in [5, 5.41) is 15.6. The summed E-state index contributed by atoms with van der Waals surface area (Å²) in [6.45, 7) is 7.67. The fourth-order valence-corrected chi connectivity index (χ4v) is 2.33. The molecule has 1 aliphatic rings. The van der Waals surface area contributed by atoms with Crippen LogP contribution in [-0.2, 0) is 4.79 Å². The number of carbonyl (C=O) groups is 1. The maximum absolute atomic E-state index is 12.0. The molecule has 4 heteroatoms. The molecule has 1 saturated heterocycles. The van der Waals surface area contributed by atoms with Crippen LogP contribution in [0.3, 0.4) is 0 Å². The summed E-state index contributed by atoms with van der Waals surface area (Å²) >= 11 is 0.